The summed E-state index contributed by atoms with van der Waals surface area (Å²) in [5.74, 6) is -4.59. The van der Waals surface area contributed by atoms with Gasteiger partial charge in [0, 0.05) is 37.7 Å². The van der Waals surface area contributed by atoms with E-state index in [0.717, 1.165) is 4.90 Å². The Morgan fingerprint density at radius 1 is 0.815 bits per heavy atom. The highest BCUT2D eigenvalue weighted by Crippen LogP contribution is 2.49. The molecule has 3 fully saturated rings. The summed E-state index contributed by atoms with van der Waals surface area (Å²) < 4.78 is 0. The van der Waals surface area contributed by atoms with Gasteiger partial charge in [-0.05, 0) is 37.2 Å². The molecule has 5 amide bonds. The van der Waals surface area contributed by atoms with Gasteiger partial charge in [-0.2, -0.15) is 0 Å². The van der Waals surface area contributed by atoms with Crippen LogP contribution in [-0.4, -0.2) is 139 Å². The lowest BCUT2D eigenvalue weighted by Crippen LogP contribution is -2.69. The highest BCUT2D eigenvalue weighted by molar-refractivity contribution is 5.97. The van der Waals surface area contributed by atoms with Gasteiger partial charge in [0.1, 0.15) is 48.2 Å². The maximum atomic E-state index is 14.7. The number of hydrogen-bond donors (Lipinski definition) is 9. The number of nitrogens with zero attached hydrogens (tertiary/aromatic N) is 3. The quantitative estimate of drug-likeness (QED) is 0.167. The van der Waals surface area contributed by atoms with Crippen molar-refractivity contribution in [3.8, 4) is 0 Å². The van der Waals surface area contributed by atoms with Gasteiger partial charge in [-0.1, -0.05) is 59.7 Å². The molecule has 9 N–H and O–H groups in total. The lowest BCUT2D eigenvalue weighted by Gasteiger charge is -2.46. The fourth-order valence-electron chi connectivity index (χ4n) is 8.34. The number of para-hydroxylation sites is 1. The van der Waals surface area contributed by atoms with Crippen LogP contribution in [0.2, 0.25) is 0 Å². The van der Waals surface area contributed by atoms with E-state index >= 15 is 0 Å². The van der Waals surface area contributed by atoms with E-state index in [0.29, 0.717) is 11.3 Å². The summed E-state index contributed by atoms with van der Waals surface area (Å²) in [5, 5.41) is 58.4. The second-order valence-corrected chi connectivity index (χ2v) is 16.4. The summed E-state index contributed by atoms with van der Waals surface area (Å²) in [7, 11) is 1.50. The molecule has 5 rings (SSSR count). The number of rotatable bonds is 5. The Labute approximate surface area is 316 Å². The molecule has 0 aromatic heterocycles. The molecule has 4 aliphatic rings. The molecule has 0 bridgehead atoms. The zero-order valence-electron chi connectivity index (χ0n) is 32.3. The number of β-amino-alcohol motifs (C(OH)–C–C–N with tert-alkyl or cyclic N) is 1. The average molecular weight is 759 g/mol. The van der Waals surface area contributed by atoms with Crippen LogP contribution in [-0.2, 0) is 29.6 Å². The summed E-state index contributed by atoms with van der Waals surface area (Å²) in [4.78, 5) is 74.1. The van der Waals surface area contributed by atoms with Crippen molar-refractivity contribution in [3.05, 3.63) is 29.8 Å². The molecule has 54 heavy (non-hydrogen) atoms. The molecule has 0 spiro atoms. The third-order valence-electron chi connectivity index (χ3n) is 11.1. The number of likely N-dealkylation sites (N-methyl/N-ethyl adjacent to an activating group) is 1. The molecule has 4 heterocycles. The number of fused-ring (bicyclic) bond motifs is 6. The molecule has 3 saturated heterocycles. The first-order chi connectivity index (χ1) is 25.3. The molecular formula is C37H58N8O9. The molecule has 0 saturated carbocycles. The van der Waals surface area contributed by atoms with Crippen LogP contribution in [0.1, 0.15) is 73.3 Å². The van der Waals surface area contributed by atoms with Gasteiger partial charge in [0.2, 0.25) is 29.5 Å². The maximum Gasteiger partial charge on any atom is 0.250 e. The first-order valence-electron chi connectivity index (χ1n) is 18.9. The molecule has 17 heteroatoms. The maximum absolute atomic E-state index is 14.7. The topological polar surface area (TPSA) is 236 Å². The first kappa shape index (κ1) is 41.3. The number of amides is 5. The van der Waals surface area contributed by atoms with Crippen LogP contribution in [0, 0.1) is 17.8 Å². The van der Waals surface area contributed by atoms with Crippen molar-refractivity contribution in [3.63, 3.8) is 0 Å². The van der Waals surface area contributed by atoms with Crippen molar-refractivity contribution in [1.82, 2.24) is 36.2 Å². The number of aliphatic hydroxyl groups is 4. The van der Waals surface area contributed by atoms with Gasteiger partial charge in [0.25, 0.3) is 0 Å². The summed E-state index contributed by atoms with van der Waals surface area (Å²) in [6, 6.07) is -0.577. The van der Waals surface area contributed by atoms with Crippen LogP contribution < -0.4 is 26.7 Å². The Kier molecular flexibility index (Phi) is 12.3. The van der Waals surface area contributed by atoms with Crippen molar-refractivity contribution in [2.24, 2.45) is 17.8 Å². The normalized spacial score (nSPS) is 35.0. The standard InChI is InChI=1S/C37H58N8O9/c1-17(2)13-24-30(48)42-28(20(7)46)34(52)44-26(15-37(54)22-11-9-10-12-23(22)40-36(37)44)32(50)41-27(18(3)4)33(51)43(8)29(19(5)6)35(53)45-25(31(49)39-24)14-21(47)16-38-45/h9-12,17-21,24-29,35-36,38,40,46-47,53-54H,13-16H2,1-8H3,(H,39,49)(H,41,50)(H,42,48)/t20-,21+,24-,25+,26-,27+,28+,29-,35?,36-,37+/m0/s1. The number of carbonyl (C=O) groups excluding carboxylic acids is 5. The average Bonchev–Trinajstić information content (AvgIpc) is 3.55. The number of hydrazine groups is 1. The third kappa shape index (κ3) is 7.79. The minimum atomic E-state index is -1.75. The third-order valence-corrected chi connectivity index (χ3v) is 11.1. The Hall–Kier alpha value is -3.87. The van der Waals surface area contributed by atoms with Crippen molar-refractivity contribution >= 4 is 35.2 Å². The van der Waals surface area contributed by atoms with E-state index in [1.165, 1.54) is 23.9 Å². The summed E-state index contributed by atoms with van der Waals surface area (Å²) in [6.07, 6.45) is -5.37. The van der Waals surface area contributed by atoms with Gasteiger partial charge in [-0.15, -0.1) is 0 Å². The molecule has 1 unspecified atom stereocenters. The van der Waals surface area contributed by atoms with Gasteiger partial charge >= 0.3 is 0 Å². The number of hydrogen-bond acceptors (Lipinski definition) is 12. The highest BCUT2D eigenvalue weighted by Gasteiger charge is 2.61. The highest BCUT2D eigenvalue weighted by atomic mass is 16.3. The Morgan fingerprint density at radius 3 is 2.06 bits per heavy atom. The summed E-state index contributed by atoms with van der Waals surface area (Å²) in [5.41, 5.74) is 2.18. The Balaban J connectivity index is 1.63. The Morgan fingerprint density at radius 2 is 1.44 bits per heavy atom. The second kappa shape index (κ2) is 16.1. The van der Waals surface area contributed by atoms with Gasteiger partial charge in [0.05, 0.1) is 18.2 Å². The van der Waals surface area contributed by atoms with Crippen LogP contribution >= 0.6 is 0 Å². The zero-order chi connectivity index (χ0) is 40.0. The van der Waals surface area contributed by atoms with E-state index in [1.807, 2.05) is 13.8 Å². The molecule has 17 nitrogen and oxygen atoms in total. The molecule has 300 valence electrons. The first-order valence-corrected chi connectivity index (χ1v) is 18.9. The van der Waals surface area contributed by atoms with Gasteiger partial charge in [-0.25, -0.2) is 10.4 Å². The lowest BCUT2D eigenvalue weighted by molar-refractivity contribution is -0.167. The van der Waals surface area contributed by atoms with Crippen molar-refractivity contribution in [2.75, 3.05) is 18.9 Å². The number of nitrogens with one attached hydrogen (secondary N) is 5. The fourth-order valence-corrected chi connectivity index (χ4v) is 8.34. The van der Waals surface area contributed by atoms with Crippen molar-refractivity contribution < 1.29 is 44.4 Å². The molecule has 11 atom stereocenters. The largest absolute Gasteiger partial charge is 0.392 e. The summed E-state index contributed by atoms with van der Waals surface area (Å²) >= 11 is 0. The van der Waals surface area contributed by atoms with E-state index in [2.05, 4.69) is 26.7 Å². The van der Waals surface area contributed by atoms with E-state index < -0.39 is 102 Å². The number of benzene rings is 1. The molecule has 1 aromatic carbocycles. The van der Waals surface area contributed by atoms with Crippen LogP contribution in [0.3, 0.4) is 0 Å². The molecular weight excluding hydrogens is 700 g/mol. The van der Waals surface area contributed by atoms with Gasteiger partial charge < -0.3 is 51.5 Å². The van der Waals surface area contributed by atoms with E-state index in [-0.39, 0.29) is 37.6 Å². The molecule has 0 radical (unpaired) electrons. The van der Waals surface area contributed by atoms with Crippen LogP contribution in [0.25, 0.3) is 0 Å². The SMILES string of the molecule is CC(C)C[C@@H]1NC(=O)[C@H]2C[C@@H](O)CNN2C(O)[C@H](C(C)C)N(C)C(=O)[C@@H](C(C)C)NC(=O)[C@@H]2C[C@@]3(O)c4ccccc4N[C@H]3N2C(=O)[C@@H]([C@H](C)O)NC1=O. The smallest absolute Gasteiger partial charge is 0.250 e. The van der Waals surface area contributed by atoms with Crippen molar-refractivity contribution in [2.45, 2.75) is 134 Å². The Bertz CT molecular complexity index is 1590. The minimum Gasteiger partial charge on any atom is -0.392 e. The monoisotopic (exact) mass is 758 g/mol. The predicted molar refractivity (Wildman–Crippen MR) is 196 cm³/mol. The minimum absolute atomic E-state index is 0.00659. The molecule has 0 aliphatic carbocycles. The molecule has 4 aliphatic heterocycles. The number of carbonyl (C=O) groups is 5. The van der Waals surface area contributed by atoms with Crippen LogP contribution in [0.4, 0.5) is 5.69 Å². The zero-order valence-corrected chi connectivity index (χ0v) is 32.3. The van der Waals surface area contributed by atoms with E-state index in [9.17, 15) is 44.4 Å². The van der Waals surface area contributed by atoms with Gasteiger partial charge in [-0.3, -0.25) is 24.0 Å². The fraction of sp³-hybridized carbons (Fsp3) is 0.703. The second-order valence-electron chi connectivity index (χ2n) is 16.4. The van der Waals surface area contributed by atoms with E-state index in [1.54, 1.807) is 52.0 Å². The number of anilines is 1. The van der Waals surface area contributed by atoms with Gasteiger partial charge in [0.15, 0.2) is 0 Å². The van der Waals surface area contributed by atoms with Crippen LogP contribution in [0.5, 0.6) is 0 Å². The number of aliphatic hydroxyl groups excluding tert-OH is 3. The predicted octanol–water partition coefficient (Wildman–Crippen LogP) is -1.48. The van der Waals surface area contributed by atoms with Crippen LogP contribution in [0.15, 0.2) is 24.3 Å². The lowest BCUT2D eigenvalue weighted by atomic mass is 9.90. The van der Waals surface area contributed by atoms with E-state index in [4.69, 9.17) is 0 Å². The molecule has 1 aromatic rings. The summed E-state index contributed by atoms with van der Waals surface area (Å²) in [6.45, 7) is 12.1. The van der Waals surface area contributed by atoms with Crippen molar-refractivity contribution in [1.29, 1.82) is 0 Å².